The van der Waals surface area contributed by atoms with Crippen molar-refractivity contribution in [1.29, 1.82) is 0 Å². The zero-order chi connectivity index (χ0) is 14.5. The lowest BCUT2D eigenvalue weighted by atomic mass is 9.79. The zero-order valence-electron chi connectivity index (χ0n) is 11.0. The van der Waals surface area contributed by atoms with Crippen LogP contribution in [0.15, 0.2) is 18.3 Å². The Morgan fingerprint density at radius 3 is 2.85 bits per heavy atom. The van der Waals surface area contributed by atoms with Crippen LogP contribution < -0.4 is 5.32 Å². The van der Waals surface area contributed by atoms with Crippen LogP contribution >= 0.6 is 11.6 Å². The highest BCUT2D eigenvalue weighted by Crippen LogP contribution is 2.29. The van der Waals surface area contributed by atoms with E-state index < -0.39 is 5.97 Å². The normalized spacial score (nSPS) is 22.2. The molecule has 1 fully saturated rings. The summed E-state index contributed by atoms with van der Waals surface area (Å²) in [5.41, 5.74) is 0.317. The monoisotopic (exact) mass is 296 g/mol. The summed E-state index contributed by atoms with van der Waals surface area (Å²) in [5, 5.41) is 12.1. The van der Waals surface area contributed by atoms with Crippen LogP contribution in [0, 0.1) is 11.8 Å². The van der Waals surface area contributed by atoms with Crippen LogP contribution in [0.3, 0.4) is 0 Å². The van der Waals surface area contributed by atoms with Gasteiger partial charge in [0, 0.05) is 12.7 Å². The number of nitrogens with zero attached hydrogens (tertiary/aromatic N) is 1. The standard InChI is InChI=1S/C14H17ClN2O3/c15-12-11(6-3-7-16-12)13(18)17-8-9-4-1-2-5-10(9)14(19)20/h3,6-7,9-10H,1-2,4-5,8H2,(H,17,18)(H,19,20). The Hall–Kier alpha value is -1.62. The number of carboxylic acid groups (broad SMARTS) is 1. The van der Waals surface area contributed by atoms with E-state index in [0.29, 0.717) is 18.5 Å². The molecule has 1 aromatic rings. The van der Waals surface area contributed by atoms with Gasteiger partial charge >= 0.3 is 5.97 Å². The smallest absolute Gasteiger partial charge is 0.306 e. The largest absolute Gasteiger partial charge is 0.481 e. The van der Waals surface area contributed by atoms with Crippen LogP contribution in [-0.4, -0.2) is 28.5 Å². The molecule has 0 saturated heterocycles. The molecule has 0 bridgehead atoms. The highest BCUT2D eigenvalue weighted by molar-refractivity contribution is 6.32. The number of aromatic nitrogens is 1. The summed E-state index contributed by atoms with van der Waals surface area (Å²) < 4.78 is 0. The number of nitrogens with one attached hydrogen (secondary N) is 1. The minimum absolute atomic E-state index is 0.0133. The summed E-state index contributed by atoms with van der Waals surface area (Å²) in [6.45, 7) is 0.362. The van der Waals surface area contributed by atoms with Crippen molar-refractivity contribution >= 4 is 23.5 Å². The van der Waals surface area contributed by atoms with E-state index in [4.69, 9.17) is 11.6 Å². The van der Waals surface area contributed by atoms with E-state index in [0.717, 1.165) is 19.3 Å². The topological polar surface area (TPSA) is 79.3 Å². The molecule has 0 aliphatic heterocycles. The molecule has 0 radical (unpaired) electrons. The molecule has 6 heteroatoms. The maximum absolute atomic E-state index is 12.0. The molecule has 1 heterocycles. The molecule has 1 aromatic heterocycles. The van der Waals surface area contributed by atoms with Crippen LogP contribution in [0.4, 0.5) is 0 Å². The van der Waals surface area contributed by atoms with Crippen molar-refractivity contribution in [2.45, 2.75) is 25.7 Å². The lowest BCUT2D eigenvalue weighted by molar-refractivity contribution is -0.144. The van der Waals surface area contributed by atoms with Gasteiger partial charge in [0.25, 0.3) is 5.91 Å². The van der Waals surface area contributed by atoms with E-state index in [1.165, 1.54) is 6.20 Å². The van der Waals surface area contributed by atoms with Gasteiger partial charge in [0.2, 0.25) is 0 Å². The van der Waals surface area contributed by atoms with Gasteiger partial charge in [0.1, 0.15) is 5.15 Å². The fraction of sp³-hybridized carbons (Fsp3) is 0.500. The molecule has 1 amide bonds. The number of pyridine rings is 1. The summed E-state index contributed by atoms with van der Waals surface area (Å²) in [7, 11) is 0. The van der Waals surface area contributed by atoms with Gasteiger partial charge in [0.05, 0.1) is 11.5 Å². The molecule has 2 rings (SSSR count). The minimum atomic E-state index is -0.775. The van der Waals surface area contributed by atoms with Gasteiger partial charge in [-0.25, -0.2) is 4.98 Å². The van der Waals surface area contributed by atoms with Gasteiger partial charge in [-0.05, 0) is 30.9 Å². The lowest BCUT2D eigenvalue weighted by Gasteiger charge is -2.28. The van der Waals surface area contributed by atoms with Crippen LogP contribution in [0.5, 0.6) is 0 Å². The summed E-state index contributed by atoms with van der Waals surface area (Å²) in [6, 6.07) is 3.24. The lowest BCUT2D eigenvalue weighted by Crippen LogP contribution is -2.37. The molecule has 1 saturated carbocycles. The third kappa shape index (κ3) is 3.48. The number of hydrogen-bond acceptors (Lipinski definition) is 3. The molecule has 0 spiro atoms. The SMILES string of the molecule is O=C(NCC1CCCCC1C(=O)O)c1cccnc1Cl. The van der Waals surface area contributed by atoms with E-state index in [1.54, 1.807) is 12.1 Å². The maximum atomic E-state index is 12.0. The Morgan fingerprint density at radius 2 is 2.15 bits per heavy atom. The second kappa shape index (κ2) is 6.70. The maximum Gasteiger partial charge on any atom is 0.306 e. The highest BCUT2D eigenvalue weighted by atomic mass is 35.5. The fourth-order valence-electron chi connectivity index (χ4n) is 2.65. The highest BCUT2D eigenvalue weighted by Gasteiger charge is 2.30. The van der Waals surface area contributed by atoms with Gasteiger partial charge in [-0.2, -0.15) is 0 Å². The van der Waals surface area contributed by atoms with Gasteiger partial charge in [-0.15, -0.1) is 0 Å². The summed E-state index contributed by atoms with van der Waals surface area (Å²) in [6.07, 6.45) is 4.98. The molecule has 2 unspecified atom stereocenters. The molecular weight excluding hydrogens is 280 g/mol. The van der Waals surface area contributed by atoms with Crippen LogP contribution in [-0.2, 0) is 4.79 Å². The predicted molar refractivity (Wildman–Crippen MR) is 74.7 cm³/mol. The zero-order valence-corrected chi connectivity index (χ0v) is 11.8. The van der Waals surface area contributed by atoms with Crippen molar-refractivity contribution in [2.24, 2.45) is 11.8 Å². The number of rotatable bonds is 4. The van der Waals surface area contributed by atoms with E-state index in [1.807, 2.05) is 0 Å². The molecule has 1 aliphatic rings. The summed E-state index contributed by atoms with van der Waals surface area (Å²) >= 11 is 5.85. The van der Waals surface area contributed by atoms with Crippen molar-refractivity contribution in [3.05, 3.63) is 29.0 Å². The van der Waals surface area contributed by atoms with E-state index >= 15 is 0 Å². The number of amides is 1. The molecule has 108 valence electrons. The molecule has 0 aromatic carbocycles. The Labute approximate surface area is 122 Å². The van der Waals surface area contributed by atoms with Gasteiger partial charge in [0.15, 0.2) is 0 Å². The van der Waals surface area contributed by atoms with Crippen molar-refractivity contribution in [2.75, 3.05) is 6.54 Å². The Balaban J connectivity index is 1.95. The third-order valence-corrected chi connectivity index (χ3v) is 4.06. The van der Waals surface area contributed by atoms with Crippen LogP contribution in [0.25, 0.3) is 0 Å². The Morgan fingerprint density at radius 1 is 1.40 bits per heavy atom. The van der Waals surface area contributed by atoms with E-state index in [9.17, 15) is 14.7 Å². The summed E-state index contributed by atoms with van der Waals surface area (Å²) in [4.78, 5) is 27.0. The van der Waals surface area contributed by atoms with Gasteiger partial charge in [-0.3, -0.25) is 9.59 Å². The number of carbonyl (C=O) groups excluding carboxylic acids is 1. The second-order valence-corrected chi connectivity index (χ2v) is 5.40. The first-order chi connectivity index (χ1) is 9.59. The van der Waals surface area contributed by atoms with Crippen molar-refractivity contribution < 1.29 is 14.7 Å². The molecular formula is C14H17ClN2O3. The number of halogens is 1. The Bertz CT molecular complexity index is 507. The molecule has 2 N–H and O–H groups in total. The minimum Gasteiger partial charge on any atom is -0.481 e. The van der Waals surface area contributed by atoms with Gasteiger partial charge < -0.3 is 10.4 Å². The fourth-order valence-corrected chi connectivity index (χ4v) is 2.86. The predicted octanol–water partition coefficient (Wildman–Crippen LogP) is 2.36. The number of aliphatic carboxylic acids is 1. The first kappa shape index (κ1) is 14.8. The number of hydrogen-bond donors (Lipinski definition) is 2. The molecule has 1 aliphatic carbocycles. The van der Waals surface area contributed by atoms with Crippen molar-refractivity contribution in [3.63, 3.8) is 0 Å². The van der Waals surface area contributed by atoms with Gasteiger partial charge in [-0.1, -0.05) is 24.4 Å². The average molecular weight is 297 g/mol. The van der Waals surface area contributed by atoms with E-state index in [-0.39, 0.29) is 22.9 Å². The number of carboxylic acids is 1. The third-order valence-electron chi connectivity index (χ3n) is 3.75. The summed E-state index contributed by atoms with van der Waals surface area (Å²) in [5.74, 6) is -1.46. The molecule has 2 atom stereocenters. The second-order valence-electron chi connectivity index (χ2n) is 5.04. The Kier molecular flexibility index (Phi) is 4.95. The first-order valence-electron chi connectivity index (χ1n) is 6.71. The van der Waals surface area contributed by atoms with Crippen LogP contribution in [0.1, 0.15) is 36.0 Å². The molecule has 5 nitrogen and oxygen atoms in total. The quantitative estimate of drug-likeness (QED) is 0.836. The van der Waals surface area contributed by atoms with Crippen LogP contribution in [0.2, 0.25) is 5.15 Å². The van der Waals surface area contributed by atoms with E-state index in [2.05, 4.69) is 10.3 Å². The van der Waals surface area contributed by atoms with Crippen molar-refractivity contribution in [3.8, 4) is 0 Å². The average Bonchev–Trinajstić information content (AvgIpc) is 2.45. The number of carbonyl (C=O) groups is 2. The van der Waals surface area contributed by atoms with Crippen molar-refractivity contribution in [1.82, 2.24) is 10.3 Å². The first-order valence-corrected chi connectivity index (χ1v) is 7.09. The molecule has 20 heavy (non-hydrogen) atoms.